The van der Waals surface area contributed by atoms with Gasteiger partial charge in [-0.05, 0) is 0 Å². The lowest BCUT2D eigenvalue weighted by Crippen LogP contribution is -2.48. The van der Waals surface area contributed by atoms with Crippen molar-refractivity contribution in [3.63, 3.8) is 0 Å². The van der Waals surface area contributed by atoms with Gasteiger partial charge in [0, 0.05) is 13.0 Å². The normalized spacial score (nSPS) is 34.1. The van der Waals surface area contributed by atoms with E-state index in [1.54, 1.807) is 0 Å². The quantitative estimate of drug-likeness (QED) is 0.349. The summed E-state index contributed by atoms with van der Waals surface area (Å²) in [5.41, 5.74) is -0.990. The third kappa shape index (κ3) is 1.44. The molecule has 2 saturated heterocycles. The van der Waals surface area contributed by atoms with Gasteiger partial charge in [-0.3, -0.25) is 14.9 Å². The predicted molar refractivity (Wildman–Crippen MR) is 47.8 cm³/mol. The van der Waals surface area contributed by atoms with E-state index in [-0.39, 0.29) is 13.0 Å². The maximum atomic E-state index is 11.5. The molecule has 7 nitrogen and oxygen atoms in total. The molecule has 2 aliphatic heterocycles. The second-order valence-electron chi connectivity index (χ2n) is 3.65. The Kier molecular flexibility index (Phi) is 2.11. The highest BCUT2D eigenvalue weighted by molar-refractivity contribution is 6.07. The number of hydrogen-bond donors (Lipinski definition) is 3. The molecule has 2 atom stereocenters. The summed E-state index contributed by atoms with van der Waals surface area (Å²) in [6.45, 7) is 0.240. The van der Waals surface area contributed by atoms with E-state index >= 15 is 0 Å². The van der Waals surface area contributed by atoms with Crippen molar-refractivity contribution in [3.8, 4) is 0 Å². The van der Waals surface area contributed by atoms with Crippen molar-refractivity contribution in [1.82, 2.24) is 16.0 Å². The van der Waals surface area contributed by atoms with Crippen molar-refractivity contribution >= 4 is 17.9 Å². The summed E-state index contributed by atoms with van der Waals surface area (Å²) >= 11 is 0. The molecule has 0 aromatic heterocycles. The summed E-state index contributed by atoms with van der Waals surface area (Å²) in [5.74, 6) is -0.827. The first-order chi connectivity index (χ1) is 7.07. The number of urea groups is 1. The van der Waals surface area contributed by atoms with Gasteiger partial charge in [-0.2, -0.15) is 0 Å². The highest BCUT2D eigenvalue weighted by atomic mass is 16.5. The molecule has 2 fully saturated rings. The van der Waals surface area contributed by atoms with Crippen LogP contribution < -0.4 is 16.0 Å². The van der Waals surface area contributed by atoms with E-state index in [4.69, 9.17) is 0 Å². The Labute approximate surface area is 85.5 Å². The monoisotopic (exact) mass is 213 g/mol. The molecular formula is C8H11N3O4. The largest absolute Gasteiger partial charge is 0.468 e. The molecule has 2 aliphatic rings. The lowest BCUT2D eigenvalue weighted by atomic mass is 9.96. The van der Waals surface area contributed by atoms with E-state index in [2.05, 4.69) is 20.7 Å². The van der Waals surface area contributed by atoms with E-state index < -0.39 is 29.5 Å². The number of amides is 3. The van der Waals surface area contributed by atoms with Crippen molar-refractivity contribution in [3.05, 3.63) is 0 Å². The van der Waals surface area contributed by atoms with Crippen LogP contribution in [0, 0.1) is 0 Å². The van der Waals surface area contributed by atoms with Crippen LogP contribution in [0.4, 0.5) is 4.79 Å². The second kappa shape index (κ2) is 3.20. The van der Waals surface area contributed by atoms with Crippen LogP contribution in [-0.4, -0.2) is 43.1 Å². The van der Waals surface area contributed by atoms with Crippen LogP contribution in [0.25, 0.3) is 0 Å². The molecule has 0 aromatic carbocycles. The van der Waals surface area contributed by atoms with Gasteiger partial charge in [0.15, 0.2) is 0 Å². The highest BCUT2D eigenvalue weighted by Gasteiger charge is 2.52. The van der Waals surface area contributed by atoms with Crippen LogP contribution in [0.3, 0.4) is 0 Å². The van der Waals surface area contributed by atoms with Gasteiger partial charge in [-0.25, -0.2) is 4.79 Å². The zero-order valence-electron chi connectivity index (χ0n) is 8.12. The van der Waals surface area contributed by atoms with Crippen molar-refractivity contribution in [1.29, 1.82) is 0 Å². The lowest BCUT2D eigenvalue weighted by molar-refractivity contribution is -0.142. The Morgan fingerprint density at radius 1 is 1.53 bits per heavy atom. The van der Waals surface area contributed by atoms with Gasteiger partial charge >= 0.3 is 12.0 Å². The third-order valence-corrected chi connectivity index (χ3v) is 2.70. The number of methoxy groups -OCH3 is 1. The number of imide groups is 1. The van der Waals surface area contributed by atoms with E-state index in [0.717, 1.165) is 0 Å². The number of nitrogens with one attached hydrogen (secondary N) is 3. The average molecular weight is 213 g/mol. The number of ether oxygens (including phenoxy) is 1. The van der Waals surface area contributed by atoms with E-state index in [0.29, 0.717) is 0 Å². The molecular weight excluding hydrogens is 202 g/mol. The number of hydrogen-bond acceptors (Lipinski definition) is 5. The van der Waals surface area contributed by atoms with Gasteiger partial charge in [0.1, 0.15) is 11.6 Å². The van der Waals surface area contributed by atoms with Gasteiger partial charge in [-0.1, -0.05) is 0 Å². The molecule has 1 spiro atoms. The molecule has 15 heavy (non-hydrogen) atoms. The first kappa shape index (κ1) is 9.91. The van der Waals surface area contributed by atoms with E-state index in [1.807, 2.05) is 0 Å². The Morgan fingerprint density at radius 2 is 2.27 bits per heavy atom. The molecule has 0 saturated carbocycles. The topological polar surface area (TPSA) is 96.5 Å². The standard InChI is InChI=1S/C8H11N3O4/c1-15-5(12)4-2-8(3-9-4)6(13)10-7(14)11-8/h4,9H,2-3H2,1H3,(H2,10,11,13,14). The first-order valence-corrected chi connectivity index (χ1v) is 4.52. The average Bonchev–Trinajstić information content (AvgIpc) is 2.72. The molecule has 0 aromatic rings. The summed E-state index contributed by atoms with van der Waals surface area (Å²) < 4.78 is 4.55. The zero-order valence-corrected chi connectivity index (χ0v) is 8.12. The van der Waals surface area contributed by atoms with Gasteiger partial charge in [0.05, 0.1) is 7.11 Å². The Morgan fingerprint density at radius 3 is 2.80 bits per heavy atom. The summed E-state index contributed by atoms with van der Waals surface area (Å²) in [6.07, 6.45) is 0.219. The number of esters is 1. The number of carbonyl (C=O) groups excluding carboxylic acids is 3. The number of rotatable bonds is 1. The van der Waals surface area contributed by atoms with E-state index in [9.17, 15) is 14.4 Å². The van der Waals surface area contributed by atoms with Crippen LogP contribution in [0.2, 0.25) is 0 Å². The molecule has 7 heteroatoms. The van der Waals surface area contributed by atoms with Crippen molar-refractivity contribution in [2.75, 3.05) is 13.7 Å². The van der Waals surface area contributed by atoms with Crippen molar-refractivity contribution < 1.29 is 19.1 Å². The maximum Gasteiger partial charge on any atom is 0.322 e. The van der Waals surface area contributed by atoms with Crippen LogP contribution >= 0.6 is 0 Å². The maximum absolute atomic E-state index is 11.5. The van der Waals surface area contributed by atoms with Gasteiger partial charge < -0.3 is 15.4 Å². The van der Waals surface area contributed by atoms with Crippen LogP contribution in [0.5, 0.6) is 0 Å². The van der Waals surface area contributed by atoms with Crippen LogP contribution in [0.1, 0.15) is 6.42 Å². The molecule has 0 aliphatic carbocycles. The lowest BCUT2D eigenvalue weighted by Gasteiger charge is -2.17. The number of carbonyl (C=O) groups is 3. The van der Waals surface area contributed by atoms with Gasteiger partial charge in [-0.15, -0.1) is 0 Å². The van der Waals surface area contributed by atoms with Crippen molar-refractivity contribution in [2.45, 2.75) is 18.0 Å². The molecule has 0 bridgehead atoms. The summed E-state index contributed by atoms with van der Waals surface area (Å²) in [7, 11) is 1.28. The van der Waals surface area contributed by atoms with Crippen molar-refractivity contribution in [2.24, 2.45) is 0 Å². The molecule has 3 N–H and O–H groups in total. The predicted octanol–water partition coefficient (Wildman–Crippen LogP) is -1.90. The van der Waals surface area contributed by atoms with Gasteiger partial charge in [0.25, 0.3) is 5.91 Å². The third-order valence-electron chi connectivity index (χ3n) is 2.70. The molecule has 3 amide bonds. The minimum absolute atomic E-state index is 0.219. The SMILES string of the molecule is COC(=O)C1CC2(CN1)NC(=O)NC2=O. The van der Waals surface area contributed by atoms with Crippen LogP contribution in [-0.2, 0) is 14.3 Å². The minimum Gasteiger partial charge on any atom is -0.468 e. The zero-order chi connectivity index (χ0) is 11.1. The summed E-state index contributed by atoms with van der Waals surface area (Å²) in [6, 6.07) is -1.06. The Balaban J connectivity index is 2.12. The van der Waals surface area contributed by atoms with Gasteiger partial charge in [0.2, 0.25) is 0 Å². The highest BCUT2D eigenvalue weighted by Crippen LogP contribution is 2.23. The summed E-state index contributed by atoms with van der Waals surface area (Å²) in [4.78, 5) is 33.7. The smallest absolute Gasteiger partial charge is 0.322 e. The fraction of sp³-hybridized carbons (Fsp3) is 0.625. The Bertz CT molecular complexity index is 343. The Hall–Kier alpha value is -1.63. The fourth-order valence-corrected chi connectivity index (χ4v) is 1.90. The fourth-order valence-electron chi connectivity index (χ4n) is 1.90. The molecule has 2 heterocycles. The molecule has 0 radical (unpaired) electrons. The molecule has 2 unspecified atom stereocenters. The van der Waals surface area contributed by atoms with E-state index in [1.165, 1.54) is 7.11 Å². The van der Waals surface area contributed by atoms with Crippen LogP contribution in [0.15, 0.2) is 0 Å². The molecule has 2 rings (SSSR count). The second-order valence-corrected chi connectivity index (χ2v) is 3.65. The minimum atomic E-state index is -0.990. The first-order valence-electron chi connectivity index (χ1n) is 4.52. The molecule has 82 valence electrons. The summed E-state index contributed by atoms with van der Waals surface area (Å²) in [5, 5.41) is 7.50.